The molecule has 0 saturated heterocycles. The number of aromatic nitrogens is 3. The third-order valence-electron chi connectivity index (χ3n) is 6.50. The summed E-state index contributed by atoms with van der Waals surface area (Å²) in [6.45, 7) is 7.07. The Balaban J connectivity index is 1.37. The highest BCUT2D eigenvalue weighted by molar-refractivity contribution is 8.00. The number of para-hydroxylation sites is 2. The number of benzene rings is 3. The number of nitrogens with zero attached hydrogens (tertiary/aromatic N) is 5. The predicted octanol–water partition coefficient (Wildman–Crippen LogP) is 5.92. The van der Waals surface area contributed by atoms with Crippen molar-refractivity contribution in [3.63, 3.8) is 0 Å². The lowest BCUT2D eigenvalue weighted by atomic mass is 10.2. The van der Waals surface area contributed by atoms with E-state index in [0.29, 0.717) is 30.6 Å². The predicted molar refractivity (Wildman–Crippen MR) is 156 cm³/mol. The lowest BCUT2D eigenvalue weighted by Crippen LogP contribution is -2.30. The largest absolute Gasteiger partial charge is 0.302 e. The topological polar surface area (TPSA) is 88.4 Å². The van der Waals surface area contributed by atoms with Gasteiger partial charge in [0.25, 0.3) is 0 Å². The molecule has 3 aromatic carbocycles. The minimum absolute atomic E-state index is 0.0432. The van der Waals surface area contributed by atoms with Crippen molar-refractivity contribution in [1.82, 2.24) is 19.1 Å². The van der Waals surface area contributed by atoms with Crippen molar-refractivity contribution in [2.24, 2.45) is 0 Å². The Kier molecular flexibility index (Phi) is 8.13. The van der Waals surface area contributed by atoms with Crippen molar-refractivity contribution in [3.8, 4) is 11.4 Å². The molecular formula is C28H29N5O3S3. The van der Waals surface area contributed by atoms with Crippen LogP contribution in [0.25, 0.3) is 11.4 Å². The zero-order chi connectivity index (χ0) is 27.6. The summed E-state index contributed by atoms with van der Waals surface area (Å²) in [5, 5.41) is 9.39. The van der Waals surface area contributed by atoms with Crippen LogP contribution < -0.4 is 4.90 Å². The number of thioether (sulfide) groups is 1. The second-order valence-electron chi connectivity index (χ2n) is 8.72. The van der Waals surface area contributed by atoms with E-state index in [1.54, 1.807) is 40.9 Å². The van der Waals surface area contributed by atoms with Crippen molar-refractivity contribution in [2.45, 2.75) is 47.2 Å². The standard InChI is InChI=1S/C28H29N5O3S3/c1-4-31(5-2)39(35,36)21-17-15-20(16-18-21)27-29-30-28(32(27)6-3)37-19-26(34)33-22-11-7-9-13-24(22)38-25-14-10-8-12-23(25)33/h7-18H,4-6,19H2,1-3H3. The van der Waals surface area contributed by atoms with E-state index in [1.807, 2.05) is 73.9 Å². The second-order valence-corrected chi connectivity index (χ2v) is 12.7. The molecule has 2 heterocycles. The first kappa shape index (κ1) is 27.4. The molecule has 1 aromatic heterocycles. The lowest BCUT2D eigenvalue weighted by Gasteiger charge is -2.30. The lowest BCUT2D eigenvalue weighted by molar-refractivity contribution is -0.115. The van der Waals surface area contributed by atoms with Crippen molar-refractivity contribution in [1.29, 1.82) is 0 Å². The highest BCUT2D eigenvalue weighted by atomic mass is 32.2. The van der Waals surface area contributed by atoms with Crippen LogP contribution in [0.5, 0.6) is 0 Å². The minimum Gasteiger partial charge on any atom is -0.302 e. The molecule has 0 bridgehead atoms. The van der Waals surface area contributed by atoms with E-state index in [0.717, 1.165) is 26.7 Å². The minimum atomic E-state index is -3.54. The van der Waals surface area contributed by atoms with Crippen LogP contribution in [0.2, 0.25) is 0 Å². The van der Waals surface area contributed by atoms with Gasteiger partial charge in [-0.15, -0.1) is 10.2 Å². The summed E-state index contributed by atoms with van der Waals surface area (Å²) < 4.78 is 29.1. The van der Waals surface area contributed by atoms with E-state index >= 15 is 0 Å². The molecule has 0 unspecified atom stereocenters. The third kappa shape index (κ3) is 5.23. The molecule has 0 saturated carbocycles. The van der Waals surface area contributed by atoms with Crippen molar-refractivity contribution < 1.29 is 13.2 Å². The maximum atomic E-state index is 13.6. The van der Waals surface area contributed by atoms with Gasteiger partial charge in [0, 0.05) is 35.0 Å². The van der Waals surface area contributed by atoms with Crippen LogP contribution in [0.1, 0.15) is 20.8 Å². The summed E-state index contributed by atoms with van der Waals surface area (Å²) in [4.78, 5) is 17.7. The van der Waals surface area contributed by atoms with Gasteiger partial charge in [0.15, 0.2) is 11.0 Å². The number of hydrogen-bond acceptors (Lipinski definition) is 7. The van der Waals surface area contributed by atoms with Gasteiger partial charge in [-0.3, -0.25) is 9.69 Å². The number of rotatable bonds is 9. The fourth-order valence-electron chi connectivity index (χ4n) is 4.55. The van der Waals surface area contributed by atoms with Crippen LogP contribution in [0.3, 0.4) is 0 Å². The van der Waals surface area contributed by atoms with Crippen LogP contribution in [0, 0.1) is 0 Å². The summed E-state index contributed by atoms with van der Waals surface area (Å²) in [5.74, 6) is 0.773. The Labute approximate surface area is 237 Å². The molecule has 1 aliphatic heterocycles. The monoisotopic (exact) mass is 579 g/mol. The van der Waals surface area contributed by atoms with Gasteiger partial charge in [-0.25, -0.2) is 8.42 Å². The number of sulfonamides is 1. The highest BCUT2D eigenvalue weighted by Gasteiger charge is 2.28. The molecular weight excluding hydrogens is 551 g/mol. The van der Waals surface area contributed by atoms with E-state index < -0.39 is 10.0 Å². The molecule has 4 aromatic rings. The SMILES string of the molecule is CCN(CC)S(=O)(=O)c1ccc(-c2nnc(SCC(=O)N3c4ccccc4Sc4ccccc43)n2CC)cc1. The molecule has 1 aliphatic rings. The fourth-order valence-corrected chi connectivity index (χ4v) is 7.91. The maximum absolute atomic E-state index is 13.6. The smallest absolute Gasteiger partial charge is 0.243 e. The van der Waals surface area contributed by atoms with Gasteiger partial charge in [-0.05, 0) is 55.5 Å². The number of amides is 1. The average Bonchev–Trinajstić information content (AvgIpc) is 3.38. The number of carbonyl (C=O) groups is 1. The summed E-state index contributed by atoms with van der Waals surface area (Å²) in [7, 11) is -3.54. The first-order valence-electron chi connectivity index (χ1n) is 12.7. The molecule has 0 N–H and O–H groups in total. The Bertz CT molecular complexity index is 1550. The summed E-state index contributed by atoms with van der Waals surface area (Å²) in [6.07, 6.45) is 0. The van der Waals surface area contributed by atoms with Crippen LogP contribution in [0.4, 0.5) is 11.4 Å². The van der Waals surface area contributed by atoms with Gasteiger partial charge in [-0.2, -0.15) is 4.31 Å². The average molecular weight is 580 g/mol. The molecule has 11 heteroatoms. The van der Waals surface area contributed by atoms with E-state index in [-0.39, 0.29) is 16.6 Å². The molecule has 0 spiro atoms. The normalized spacial score (nSPS) is 12.9. The van der Waals surface area contributed by atoms with Gasteiger partial charge in [0.05, 0.1) is 22.0 Å². The quantitative estimate of drug-likeness (QED) is 0.228. The zero-order valence-corrected chi connectivity index (χ0v) is 24.4. The molecule has 0 fully saturated rings. The molecule has 5 rings (SSSR count). The van der Waals surface area contributed by atoms with Crippen molar-refractivity contribution in [3.05, 3.63) is 72.8 Å². The van der Waals surface area contributed by atoms with Crippen molar-refractivity contribution >= 4 is 50.8 Å². The Morgan fingerprint density at radius 1 is 0.872 bits per heavy atom. The van der Waals surface area contributed by atoms with Crippen LogP contribution in [0.15, 0.2) is 92.6 Å². The molecule has 8 nitrogen and oxygen atoms in total. The van der Waals surface area contributed by atoms with Gasteiger partial charge < -0.3 is 4.57 Å². The molecule has 202 valence electrons. The maximum Gasteiger partial charge on any atom is 0.243 e. The summed E-state index contributed by atoms with van der Waals surface area (Å²) >= 11 is 3.01. The summed E-state index contributed by atoms with van der Waals surface area (Å²) in [5.41, 5.74) is 2.52. The van der Waals surface area contributed by atoms with E-state index in [9.17, 15) is 13.2 Å². The van der Waals surface area contributed by atoms with Gasteiger partial charge in [0.1, 0.15) is 0 Å². The Morgan fingerprint density at radius 2 is 1.46 bits per heavy atom. The van der Waals surface area contributed by atoms with Gasteiger partial charge in [-0.1, -0.05) is 61.6 Å². The van der Waals surface area contributed by atoms with E-state index in [4.69, 9.17) is 0 Å². The number of fused-ring (bicyclic) bond motifs is 2. The molecule has 1 amide bonds. The third-order valence-corrected chi connectivity index (χ3v) is 10.6. The number of carbonyl (C=O) groups excluding carboxylic acids is 1. The van der Waals surface area contributed by atoms with Crippen LogP contribution >= 0.6 is 23.5 Å². The van der Waals surface area contributed by atoms with Crippen LogP contribution in [-0.4, -0.2) is 52.2 Å². The molecule has 0 atom stereocenters. The second kappa shape index (κ2) is 11.5. The first-order chi connectivity index (χ1) is 18.9. The zero-order valence-electron chi connectivity index (χ0n) is 21.9. The Morgan fingerprint density at radius 3 is 2.03 bits per heavy atom. The van der Waals surface area contributed by atoms with Crippen LogP contribution in [-0.2, 0) is 21.4 Å². The molecule has 39 heavy (non-hydrogen) atoms. The van der Waals surface area contributed by atoms with E-state index in [1.165, 1.54) is 16.1 Å². The van der Waals surface area contributed by atoms with Gasteiger partial charge in [0.2, 0.25) is 15.9 Å². The highest BCUT2D eigenvalue weighted by Crippen LogP contribution is 2.48. The number of hydrogen-bond donors (Lipinski definition) is 0. The summed E-state index contributed by atoms with van der Waals surface area (Å²) in [6, 6.07) is 22.6. The van der Waals surface area contributed by atoms with Crippen molar-refractivity contribution in [2.75, 3.05) is 23.7 Å². The Hall–Kier alpha value is -3.12. The number of anilines is 2. The van der Waals surface area contributed by atoms with Gasteiger partial charge >= 0.3 is 0 Å². The van der Waals surface area contributed by atoms with E-state index in [2.05, 4.69) is 10.2 Å². The molecule has 0 aliphatic carbocycles. The molecule has 0 radical (unpaired) electrons. The first-order valence-corrected chi connectivity index (χ1v) is 16.0. The fraction of sp³-hybridized carbons (Fsp3) is 0.250.